The van der Waals surface area contributed by atoms with Gasteiger partial charge in [0.05, 0.1) is 17.1 Å². The molecule has 2 heterocycles. The summed E-state index contributed by atoms with van der Waals surface area (Å²) in [5.41, 5.74) is 0. The zero-order valence-electron chi connectivity index (χ0n) is 9.22. The number of anilines is 1. The highest BCUT2D eigenvalue weighted by Crippen LogP contribution is 2.21. The topological polar surface area (TPSA) is 31.1 Å². The molecule has 0 bridgehead atoms. The Morgan fingerprint density at radius 1 is 1.50 bits per heavy atom. The van der Waals surface area contributed by atoms with Crippen molar-refractivity contribution in [1.82, 2.24) is 9.88 Å². The molecular formula is C10H11F3IN3S. The minimum Gasteiger partial charge on any atom is -0.366 e. The van der Waals surface area contributed by atoms with Gasteiger partial charge in [0.1, 0.15) is 5.82 Å². The van der Waals surface area contributed by atoms with Crippen molar-refractivity contribution in [2.45, 2.75) is 12.2 Å². The Hall–Kier alpha value is -0.350. The van der Waals surface area contributed by atoms with Crippen LogP contribution in [0.5, 0.6) is 0 Å². The third-order valence-corrected chi connectivity index (χ3v) is 4.18. The Morgan fingerprint density at radius 2 is 2.17 bits per heavy atom. The lowest BCUT2D eigenvalue weighted by molar-refractivity contribution is -0.153. The molecule has 1 aliphatic heterocycles. The van der Waals surface area contributed by atoms with Gasteiger partial charge in [-0.25, -0.2) is 0 Å². The number of halogens is 4. The maximum atomic E-state index is 12.1. The Morgan fingerprint density at radius 3 is 2.72 bits per heavy atom. The summed E-state index contributed by atoms with van der Waals surface area (Å²) in [6, 6.07) is 1.82. The van der Waals surface area contributed by atoms with E-state index >= 15 is 0 Å². The molecule has 100 valence electrons. The molecule has 18 heavy (non-hydrogen) atoms. The first-order chi connectivity index (χ1) is 8.33. The largest absolute Gasteiger partial charge is 0.401 e. The quantitative estimate of drug-likeness (QED) is 0.616. The molecule has 0 saturated carbocycles. The molecule has 0 spiro atoms. The lowest BCUT2D eigenvalue weighted by Crippen LogP contribution is -2.57. The summed E-state index contributed by atoms with van der Waals surface area (Å²) in [7, 11) is 0. The molecule has 0 aliphatic carbocycles. The number of aromatic nitrogens is 1. The van der Waals surface area contributed by atoms with Crippen LogP contribution in [0, 0.1) is 8.08 Å². The predicted molar refractivity (Wildman–Crippen MR) is 74.2 cm³/mol. The lowest BCUT2D eigenvalue weighted by Gasteiger charge is -2.40. The van der Waals surface area contributed by atoms with Crippen LogP contribution < -0.4 is 5.32 Å². The highest BCUT2D eigenvalue weighted by Gasteiger charge is 2.36. The molecule has 3 nitrogen and oxygen atoms in total. The Bertz CT molecular complexity index is 482. The Labute approximate surface area is 121 Å². The fraction of sp³-hybridized carbons (Fsp3) is 0.500. The fourth-order valence-electron chi connectivity index (χ4n) is 1.80. The summed E-state index contributed by atoms with van der Waals surface area (Å²) < 4.78 is 38.0. The van der Waals surface area contributed by atoms with Crippen LogP contribution >= 0.6 is 34.8 Å². The van der Waals surface area contributed by atoms with Crippen LogP contribution in [0.1, 0.15) is 0 Å². The maximum Gasteiger partial charge on any atom is 0.401 e. The molecule has 2 N–H and O–H groups in total. The summed E-state index contributed by atoms with van der Waals surface area (Å²) in [6.07, 6.45) is -2.34. The molecule has 1 aromatic heterocycles. The predicted octanol–water partition coefficient (Wildman–Crippen LogP) is 3.01. The number of pyridine rings is 1. The highest BCUT2D eigenvalue weighted by molar-refractivity contribution is 14.1. The van der Waals surface area contributed by atoms with Crippen LogP contribution in [-0.4, -0.2) is 41.7 Å². The van der Waals surface area contributed by atoms with Gasteiger partial charge >= 0.3 is 6.18 Å². The van der Waals surface area contributed by atoms with E-state index < -0.39 is 12.7 Å². The second kappa shape index (κ2) is 5.33. The monoisotopic (exact) mass is 389 g/mol. The van der Waals surface area contributed by atoms with E-state index in [1.807, 2.05) is 0 Å². The molecule has 0 radical (unpaired) electrons. The Kier molecular flexibility index (Phi) is 4.17. The van der Waals surface area contributed by atoms with Gasteiger partial charge in [0.2, 0.25) is 0 Å². The lowest BCUT2D eigenvalue weighted by atomic mass is 10.1. The highest BCUT2D eigenvalue weighted by atomic mass is 127. The van der Waals surface area contributed by atoms with Crippen molar-refractivity contribution in [2.24, 2.45) is 0 Å². The van der Waals surface area contributed by atoms with Crippen molar-refractivity contribution in [3.05, 3.63) is 20.3 Å². The van der Waals surface area contributed by atoms with Gasteiger partial charge in [0.15, 0.2) is 0 Å². The number of hydrogen-bond acceptors (Lipinski definition) is 3. The number of rotatable bonds is 3. The first-order valence-electron chi connectivity index (χ1n) is 5.27. The van der Waals surface area contributed by atoms with Crippen LogP contribution in [0.15, 0.2) is 12.3 Å². The molecule has 0 atom stereocenters. The molecule has 1 saturated heterocycles. The molecule has 1 fully saturated rings. The summed E-state index contributed by atoms with van der Waals surface area (Å²) in [5, 5.41) is 3.13. The van der Waals surface area contributed by atoms with E-state index in [4.69, 9.17) is 12.2 Å². The fourth-order valence-corrected chi connectivity index (χ4v) is 2.29. The number of nitrogens with one attached hydrogen (secondary N) is 2. The van der Waals surface area contributed by atoms with Crippen molar-refractivity contribution in [1.29, 1.82) is 0 Å². The second-order valence-corrected chi connectivity index (χ2v) is 5.81. The van der Waals surface area contributed by atoms with Gasteiger partial charge < -0.3 is 10.3 Å². The molecule has 0 amide bonds. The van der Waals surface area contributed by atoms with Gasteiger partial charge in [0, 0.05) is 22.9 Å². The van der Waals surface area contributed by atoms with Crippen molar-refractivity contribution in [3.63, 3.8) is 0 Å². The summed E-state index contributed by atoms with van der Waals surface area (Å²) in [6.45, 7) is -0.0495. The van der Waals surface area contributed by atoms with Gasteiger partial charge in [-0.05, 0) is 28.7 Å². The smallest absolute Gasteiger partial charge is 0.366 e. The number of aromatic amines is 1. The number of likely N-dealkylation sites (tertiary alicyclic amines) is 1. The number of alkyl halides is 3. The van der Waals surface area contributed by atoms with E-state index in [-0.39, 0.29) is 6.04 Å². The number of H-pyrrole nitrogens is 1. The first kappa shape index (κ1) is 14.1. The van der Waals surface area contributed by atoms with Crippen LogP contribution in [0.2, 0.25) is 0 Å². The van der Waals surface area contributed by atoms with Crippen LogP contribution in [0.3, 0.4) is 0 Å². The molecule has 1 aliphatic rings. The van der Waals surface area contributed by atoms with E-state index in [2.05, 4.69) is 32.9 Å². The summed E-state index contributed by atoms with van der Waals surface area (Å²) >= 11 is 7.24. The molecule has 2 rings (SSSR count). The minimum absolute atomic E-state index is 0.0399. The molecule has 1 aromatic rings. The SMILES string of the molecule is FC(F)(F)CN1CC(Nc2cc(=S)c(I)c[nH]2)C1. The van der Waals surface area contributed by atoms with E-state index in [0.717, 1.165) is 13.9 Å². The maximum absolute atomic E-state index is 12.1. The van der Waals surface area contributed by atoms with E-state index in [1.54, 1.807) is 12.3 Å². The van der Waals surface area contributed by atoms with Crippen LogP contribution in [0.25, 0.3) is 0 Å². The molecule has 8 heteroatoms. The zero-order chi connectivity index (χ0) is 13.3. The number of nitrogens with zero attached hydrogens (tertiary/aromatic N) is 1. The van der Waals surface area contributed by atoms with Crippen molar-refractivity contribution in [3.8, 4) is 0 Å². The second-order valence-electron chi connectivity index (χ2n) is 4.21. The van der Waals surface area contributed by atoms with E-state index in [9.17, 15) is 13.2 Å². The van der Waals surface area contributed by atoms with Crippen molar-refractivity contribution < 1.29 is 13.2 Å². The van der Waals surface area contributed by atoms with E-state index in [1.165, 1.54) is 4.90 Å². The van der Waals surface area contributed by atoms with E-state index in [0.29, 0.717) is 13.1 Å². The summed E-state index contributed by atoms with van der Waals surface area (Å²) in [4.78, 5) is 4.37. The normalized spacial score (nSPS) is 17.6. The average Bonchev–Trinajstić information content (AvgIpc) is 2.18. The van der Waals surface area contributed by atoms with Gasteiger partial charge in [0.25, 0.3) is 0 Å². The summed E-state index contributed by atoms with van der Waals surface area (Å²) in [5.74, 6) is 0.747. The first-order valence-corrected chi connectivity index (χ1v) is 6.76. The van der Waals surface area contributed by atoms with Crippen molar-refractivity contribution in [2.75, 3.05) is 25.0 Å². The third kappa shape index (κ3) is 3.82. The molecular weight excluding hydrogens is 378 g/mol. The van der Waals surface area contributed by atoms with Crippen LogP contribution in [0.4, 0.5) is 19.0 Å². The van der Waals surface area contributed by atoms with Gasteiger partial charge in [-0.15, -0.1) is 0 Å². The standard InChI is InChI=1S/C10H11F3IN3S/c11-10(12,13)5-17-3-6(4-17)16-9-1-8(18)7(14)2-15-9/h1-2,6H,3-5H2,(H2,15,16,18). The zero-order valence-corrected chi connectivity index (χ0v) is 12.2. The van der Waals surface area contributed by atoms with Gasteiger partial charge in [-0.2, -0.15) is 13.2 Å². The molecule has 0 aromatic carbocycles. The van der Waals surface area contributed by atoms with Gasteiger partial charge in [-0.1, -0.05) is 12.2 Å². The Balaban J connectivity index is 1.83. The van der Waals surface area contributed by atoms with Crippen molar-refractivity contribution >= 4 is 40.6 Å². The van der Waals surface area contributed by atoms with Crippen LogP contribution in [-0.2, 0) is 0 Å². The molecule has 0 unspecified atom stereocenters. The average molecular weight is 389 g/mol. The van der Waals surface area contributed by atoms with Gasteiger partial charge in [-0.3, -0.25) is 4.90 Å². The number of hydrogen-bond donors (Lipinski definition) is 2. The third-order valence-electron chi connectivity index (χ3n) is 2.58. The minimum atomic E-state index is -4.12.